The molecule has 0 aromatic heterocycles. The summed E-state index contributed by atoms with van der Waals surface area (Å²) in [5, 5.41) is 0. The molecule has 2 aromatic rings. The zero-order chi connectivity index (χ0) is 24.0. The van der Waals surface area contributed by atoms with Gasteiger partial charge in [-0.1, -0.05) is 126 Å². The van der Waals surface area contributed by atoms with Crippen LogP contribution in [0.15, 0.2) is 36.4 Å². The summed E-state index contributed by atoms with van der Waals surface area (Å²) in [6, 6.07) is 14.0. The normalized spacial score (nSPS) is 14.6. The van der Waals surface area contributed by atoms with Gasteiger partial charge in [-0.05, 0) is 67.4 Å². The Morgan fingerprint density at radius 3 is 1.39 bits per heavy atom. The summed E-state index contributed by atoms with van der Waals surface area (Å²) in [5.74, 6) is 0.466. The third-order valence-electron chi connectivity index (χ3n) is 6.42. The van der Waals surface area contributed by atoms with Gasteiger partial charge in [0.1, 0.15) is 0 Å². The summed E-state index contributed by atoms with van der Waals surface area (Å²) < 4.78 is 0. The third kappa shape index (κ3) is 5.82. The van der Waals surface area contributed by atoms with Crippen molar-refractivity contribution < 1.29 is 0 Å². The summed E-state index contributed by atoms with van der Waals surface area (Å²) in [5.41, 5.74) is 9.61. The lowest BCUT2D eigenvalue weighted by atomic mass is 9.69. The summed E-state index contributed by atoms with van der Waals surface area (Å²) in [6.07, 6.45) is 1.08. The van der Waals surface area contributed by atoms with E-state index in [0.717, 1.165) is 6.42 Å². The first kappa shape index (κ1) is 25.7. The van der Waals surface area contributed by atoms with Gasteiger partial charge in [-0.15, -0.1) is 0 Å². The van der Waals surface area contributed by atoms with Crippen LogP contribution in [-0.2, 0) is 28.1 Å². The summed E-state index contributed by atoms with van der Waals surface area (Å²) >= 11 is 0. The lowest BCUT2D eigenvalue weighted by Crippen LogP contribution is -2.26. The average Bonchev–Trinajstić information content (AvgIpc) is 2.57. The molecule has 0 aliphatic heterocycles. The fourth-order valence-electron chi connectivity index (χ4n) is 5.16. The molecule has 0 heterocycles. The Balaban J connectivity index is 2.66. The van der Waals surface area contributed by atoms with Crippen LogP contribution in [0.3, 0.4) is 0 Å². The molecule has 0 bridgehead atoms. The maximum atomic E-state index is 2.42. The zero-order valence-electron chi connectivity index (χ0n) is 22.7. The molecule has 0 heteroatoms. The zero-order valence-corrected chi connectivity index (χ0v) is 22.7. The van der Waals surface area contributed by atoms with Gasteiger partial charge in [-0.2, -0.15) is 0 Å². The Bertz CT molecular complexity index is 899. The second kappa shape index (κ2) is 8.42. The lowest BCUT2D eigenvalue weighted by molar-refractivity contribution is 0.513. The van der Waals surface area contributed by atoms with Crippen molar-refractivity contribution in [1.29, 1.82) is 0 Å². The summed E-state index contributed by atoms with van der Waals surface area (Å²) in [7, 11) is 0. The molecule has 2 rings (SSSR count). The first-order valence-corrected chi connectivity index (χ1v) is 12.1. The highest BCUT2D eigenvalue weighted by atomic mass is 14.4. The van der Waals surface area contributed by atoms with E-state index in [1.807, 2.05) is 0 Å². The molecule has 0 aliphatic rings. The first-order valence-electron chi connectivity index (χ1n) is 12.1. The van der Waals surface area contributed by atoms with E-state index >= 15 is 0 Å². The molecular formula is C31H48. The van der Waals surface area contributed by atoms with Gasteiger partial charge < -0.3 is 0 Å². The second-order valence-electron chi connectivity index (χ2n) is 13.7. The van der Waals surface area contributed by atoms with E-state index < -0.39 is 0 Å². The van der Waals surface area contributed by atoms with Gasteiger partial charge in [0.05, 0.1) is 0 Å². The quantitative estimate of drug-likeness (QED) is 0.464. The highest BCUT2D eigenvalue weighted by molar-refractivity contribution is 5.48. The van der Waals surface area contributed by atoms with Gasteiger partial charge in [0, 0.05) is 0 Å². The standard InChI is InChI=1S/C31H48/c1-21(23-17-15-19-25(29(5,6)7)27(23)31(11,12)13)20-22-16-14-18-24(28(2,3)4)26(22)30(8,9)10/h14-19,21H,20H2,1-13H3. The molecule has 0 aliphatic carbocycles. The minimum absolute atomic E-state index is 0.119. The molecule has 0 fully saturated rings. The number of hydrogen-bond acceptors (Lipinski definition) is 0. The van der Waals surface area contributed by atoms with Crippen molar-refractivity contribution in [3.05, 3.63) is 69.8 Å². The van der Waals surface area contributed by atoms with E-state index in [-0.39, 0.29) is 21.7 Å². The predicted octanol–water partition coefficient (Wildman–Crippen LogP) is 9.22. The molecule has 0 saturated carbocycles. The number of benzene rings is 2. The predicted molar refractivity (Wildman–Crippen MR) is 140 cm³/mol. The van der Waals surface area contributed by atoms with E-state index in [9.17, 15) is 0 Å². The van der Waals surface area contributed by atoms with Crippen molar-refractivity contribution in [2.75, 3.05) is 0 Å². The van der Waals surface area contributed by atoms with Crippen molar-refractivity contribution in [3.8, 4) is 0 Å². The minimum atomic E-state index is 0.119. The second-order valence-corrected chi connectivity index (χ2v) is 13.7. The maximum absolute atomic E-state index is 2.42. The van der Waals surface area contributed by atoms with Crippen molar-refractivity contribution >= 4 is 0 Å². The summed E-state index contributed by atoms with van der Waals surface area (Å²) in [4.78, 5) is 0. The van der Waals surface area contributed by atoms with Gasteiger partial charge >= 0.3 is 0 Å². The van der Waals surface area contributed by atoms with Gasteiger partial charge in [0.15, 0.2) is 0 Å². The first-order chi connectivity index (χ1) is 13.8. The maximum Gasteiger partial charge on any atom is -0.0126 e. The summed E-state index contributed by atoms with van der Waals surface area (Å²) in [6.45, 7) is 30.7. The van der Waals surface area contributed by atoms with Gasteiger partial charge in [0.25, 0.3) is 0 Å². The van der Waals surface area contributed by atoms with Crippen LogP contribution in [0.4, 0.5) is 0 Å². The minimum Gasteiger partial charge on any atom is -0.0617 e. The molecule has 31 heavy (non-hydrogen) atoms. The van der Waals surface area contributed by atoms with Crippen molar-refractivity contribution in [3.63, 3.8) is 0 Å². The van der Waals surface area contributed by atoms with E-state index in [1.54, 1.807) is 11.1 Å². The Hall–Kier alpha value is -1.56. The van der Waals surface area contributed by atoms with E-state index in [1.165, 1.54) is 22.3 Å². The largest absolute Gasteiger partial charge is 0.0617 e. The van der Waals surface area contributed by atoms with Gasteiger partial charge in [-0.3, -0.25) is 0 Å². The Morgan fingerprint density at radius 2 is 0.968 bits per heavy atom. The smallest absolute Gasteiger partial charge is 0.0126 e. The van der Waals surface area contributed by atoms with E-state index in [4.69, 9.17) is 0 Å². The highest BCUT2D eigenvalue weighted by Crippen LogP contribution is 2.42. The molecule has 0 nitrogen and oxygen atoms in total. The number of hydrogen-bond donors (Lipinski definition) is 0. The SMILES string of the molecule is CC(Cc1cccc(C(C)(C)C)c1C(C)(C)C)c1cccc(C(C)(C)C)c1C(C)(C)C. The Morgan fingerprint density at radius 1 is 0.548 bits per heavy atom. The van der Waals surface area contributed by atoms with Crippen LogP contribution in [0, 0.1) is 0 Å². The highest BCUT2D eigenvalue weighted by Gasteiger charge is 2.31. The van der Waals surface area contributed by atoms with Crippen LogP contribution in [0.1, 0.15) is 129 Å². The Labute approximate surface area is 193 Å². The van der Waals surface area contributed by atoms with E-state index in [0.29, 0.717) is 5.92 Å². The van der Waals surface area contributed by atoms with Crippen molar-refractivity contribution in [2.24, 2.45) is 0 Å². The van der Waals surface area contributed by atoms with Gasteiger partial charge in [0.2, 0.25) is 0 Å². The topological polar surface area (TPSA) is 0 Å². The van der Waals surface area contributed by atoms with Crippen LogP contribution in [-0.4, -0.2) is 0 Å². The molecule has 0 amide bonds. The Kier molecular flexibility index (Phi) is 6.98. The molecule has 1 unspecified atom stereocenters. The van der Waals surface area contributed by atoms with Gasteiger partial charge in [-0.25, -0.2) is 0 Å². The molecule has 2 aromatic carbocycles. The molecule has 1 atom stereocenters. The number of rotatable bonds is 3. The fraction of sp³-hybridized carbons (Fsp3) is 0.613. The molecule has 0 spiro atoms. The average molecular weight is 421 g/mol. The molecular weight excluding hydrogens is 372 g/mol. The molecule has 0 radical (unpaired) electrons. The fourth-order valence-corrected chi connectivity index (χ4v) is 5.16. The van der Waals surface area contributed by atoms with Crippen LogP contribution >= 0.6 is 0 Å². The van der Waals surface area contributed by atoms with Crippen LogP contribution in [0.2, 0.25) is 0 Å². The molecule has 0 N–H and O–H groups in total. The van der Waals surface area contributed by atoms with Crippen LogP contribution < -0.4 is 0 Å². The molecule has 172 valence electrons. The molecule has 0 saturated heterocycles. The third-order valence-corrected chi connectivity index (χ3v) is 6.42. The van der Waals surface area contributed by atoms with Crippen LogP contribution in [0.25, 0.3) is 0 Å². The lowest BCUT2D eigenvalue weighted by Gasteiger charge is -2.35. The van der Waals surface area contributed by atoms with Crippen LogP contribution in [0.5, 0.6) is 0 Å². The van der Waals surface area contributed by atoms with Crippen molar-refractivity contribution in [2.45, 2.75) is 124 Å². The van der Waals surface area contributed by atoms with E-state index in [2.05, 4.69) is 126 Å². The monoisotopic (exact) mass is 420 g/mol. The van der Waals surface area contributed by atoms with Crippen molar-refractivity contribution in [1.82, 2.24) is 0 Å².